The van der Waals surface area contributed by atoms with E-state index in [1.807, 2.05) is 32.0 Å². The molecule has 0 aliphatic rings. The van der Waals surface area contributed by atoms with Gasteiger partial charge in [0.25, 0.3) is 0 Å². The minimum Gasteiger partial charge on any atom is -0.277 e. The topological polar surface area (TPSA) is 58.2 Å². The van der Waals surface area contributed by atoms with Gasteiger partial charge in [-0.3, -0.25) is 4.55 Å². The Morgan fingerprint density at radius 3 is 2.59 bits per heavy atom. The van der Waals surface area contributed by atoms with Gasteiger partial charge in [-0.05, 0) is 25.3 Å². The van der Waals surface area contributed by atoms with Crippen LogP contribution in [0.1, 0.15) is 12.5 Å². The monoisotopic (exact) mass is 252 g/mol. The number of hydrogen-bond acceptors (Lipinski definition) is 2. The van der Waals surface area contributed by atoms with E-state index in [0.717, 1.165) is 10.9 Å². The second-order valence-corrected chi connectivity index (χ2v) is 5.31. The number of rotatable bonds is 2. The molecule has 1 aromatic heterocycles. The van der Waals surface area contributed by atoms with Crippen molar-refractivity contribution in [3.8, 4) is 0 Å². The lowest BCUT2D eigenvalue weighted by molar-refractivity contribution is -0.728. The van der Waals surface area contributed by atoms with Crippen molar-refractivity contribution in [1.29, 1.82) is 0 Å². The molecule has 1 heterocycles. The fraction of sp³-hybridized carbons (Fsp3) is 0.250. The molecular formula is C12H14NO3S+. The third-order valence-electron chi connectivity index (χ3n) is 2.72. The Bertz CT molecular complexity index is 677. The normalized spacial score (nSPS) is 11.9. The highest BCUT2D eigenvalue weighted by Gasteiger charge is 2.26. The lowest BCUT2D eigenvalue weighted by Crippen LogP contribution is -2.38. The van der Waals surface area contributed by atoms with Gasteiger partial charge in [0.2, 0.25) is 0 Å². The predicted molar refractivity (Wildman–Crippen MR) is 64.4 cm³/mol. The van der Waals surface area contributed by atoms with E-state index in [4.69, 9.17) is 0 Å². The summed E-state index contributed by atoms with van der Waals surface area (Å²) in [7, 11) is -4.23. The van der Waals surface area contributed by atoms with Gasteiger partial charge in [0.15, 0.2) is 6.20 Å². The lowest BCUT2D eigenvalue weighted by Gasteiger charge is -2.04. The van der Waals surface area contributed by atoms with Crippen LogP contribution in [0.5, 0.6) is 0 Å². The van der Waals surface area contributed by atoms with Crippen molar-refractivity contribution in [3.05, 3.63) is 36.0 Å². The maximum absolute atomic E-state index is 11.5. The summed E-state index contributed by atoms with van der Waals surface area (Å²) in [5.41, 5.74) is 0.955. The van der Waals surface area contributed by atoms with E-state index in [0.29, 0.717) is 11.9 Å². The molecule has 17 heavy (non-hydrogen) atoms. The molecule has 1 N–H and O–H groups in total. The molecule has 0 saturated heterocycles. The number of aryl methyl sites for hydroxylation is 2. The molecule has 2 aromatic rings. The van der Waals surface area contributed by atoms with Crippen molar-refractivity contribution in [2.75, 3.05) is 0 Å². The molecule has 4 nitrogen and oxygen atoms in total. The Kier molecular flexibility index (Phi) is 2.89. The molecule has 90 valence electrons. The van der Waals surface area contributed by atoms with E-state index in [1.54, 1.807) is 12.3 Å². The number of benzene rings is 1. The van der Waals surface area contributed by atoms with Gasteiger partial charge in [-0.2, -0.15) is 13.0 Å². The van der Waals surface area contributed by atoms with Gasteiger partial charge in [-0.1, -0.05) is 17.7 Å². The first-order valence-electron chi connectivity index (χ1n) is 5.34. The van der Waals surface area contributed by atoms with Crippen LogP contribution in [0.15, 0.2) is 35.5 Å². The Morgan fingerprint density at radius 2 is 2.00 bits per heavy atom. The molecule has 5 heteroatoms. The smallest absolute Gasteiger partial charge is 0.277 e. The number of nitrogens with zero attached hydrogens (tertiary/aromatic N) is 1. The van der Waals surface area contributed by atoms with E-state index < -0.39 is 10.1 Å². The quantitative estimate of drug-likeness (QED) is 0.653. The zero-order valence-electron chi connectivity index (χ0n) is 9.71. The zero-order chi connectivity index (χ0) is 12.6. The molecule has 0 amide bonds. The first-order valence-corrected chi connectivity index (χ1v) is 6.78. The van der Waals surface area contributed by atoms with Crippen molar-refractivity contribution < 1.29 is 17.5 Å². The third kappa shape index (κ3) is 2.16. The minimum absolute atomic E-state index is 0.0406. The number of hydrogen-bond donors (Lipinski definition) is 1. The molecule has 0 fully saturated rings. The predicted octanol–water partition coefficient (Wildman–Crippen LogP) is 1.70. The summed E-state index contributed by atoms with van der Waals surface area (Å²) in [5.74, 6) is 0. The molecule has 0 radical (unpaired) electrons. The Balaban J connectivity index is 2.97. The summed E-state index contributed by atoms with van der Waals surface area (Å²) in [6.45, 7) is 4.20. The second kappa shape index (κ2) is 4.09. The van der Waals surface area contributed by atoms with Crippen molar-refractivity contribution in [3.63, 3.8) is 0 Å². The van der Waals surface area contributed by atoms with Crippen molar-refractivity contribution in [2.24, 2.45) is 0 Å². The zero-order valence-corrected chi connectivity index (χ0v) is 10.5. The van der Waals surface area contributed by atoms with Gasteiger partial charge in [0, 0.05) is 6.07 Å². The standard InChI is InChI=1S/C12H13NO3S/c1-3-13-7-6-10-5-4-9(2)8-11(10)12(13)17(14,15)16/h4-8H,3H2,1-2H3/p+1. The Hall–Kier alpha value is -1.46. The van der Waals surface area contributed by atoms with Crippen molar-refractivity contribution in [2.45, 2.75) is 25.4 Å². The Labute approximate surface area is 100 Å². The molecule has 0 spiro atoms. The highest BCUT2D eigenvalue weighted by Crippen LogP contribution is 2.20. The van der Waals surface area contributed by atoms with E-state index in [2.05, 4.69) is 0 Å². The summed E-state index contributed by atoms with van der Waals surface area (Å²) in [6.07, 6.45) is 1.67. The van der Waals surface area contributed by atoms with Crippen LogP contribution in [0.4, 0.5) is 0 Å². The van der Waals surface area contributed by atoms with Gasteiger partial charge >= 0.3 is 15.1 Å². The van der Waals surface area contributed by atoms with Crippen LogP contribution in [0.3, 0.4) is 0 Å². The molecule has 1 aromatic carbocycles. The van der Waals surface area contributed by atoms with Crippen LogP contribution in [0.2, 0.25) is 0 Å². The maximum Gasteiger partial charge on any atom is 0.356 e. The number of fused-ring (bicyclic) bond motifs is 1. The molecule has 0 aliphatic carbocycles. The average molecular weight is 252 g/mol. The third-order valence-corrected chi connectivity index (χ3v) is 3.66. The lowest BCUT2D eigenvalue weighted by atomic mass is 10.1. The molecule has 0 saturated carbocycles. The molecule has 2 rings (SSSR count). The largest absolute Gasteiger partial charge is 0.356 e. The molecule has 0 atom stereocenters. The summed E-state index contributed by atoms with van der Waals surface area (Å²) in [5, 5.41) is 1.31. The molecule has 0 unspecified atom stereocenters. The fourth-order valence-electron chi connectivity index (χ4n) is 1.93. The van der Waals surface area contributed by atoms with Gasteiger partial charge in [-0.25, -0.2) is 0 Å². The molecule has 0 aliphatic heterocycles. The molecule has 0 bridgehead atoms. The van der Waals surface area contributed by atoms with Crippen LogP contribution in [0.25, 0.3) is 10.8 Å². The van der Waals surface area contributed by atoms with Gasteiger partial charge in [0.1, 0.15) is 6.54 Å². The minimum atomic E-state index is -4.23. The van der Waals surface area contributed by atoms with E-state index in [9.17, 15) is 13.0 Å². The average Bonchev–Trinajstić information content (AvgIpc) is 2.25. The molecular weight excluding hydrogens is 238 g/mol. The van der Waals surface area contributed by atoms with E-state index >= 15 is 0 Å². The second-order valence-electron chi connectivity index (χ2n) is 3.97. The van der Waals surface area contributed by atoms with Gasteiger partial charge < -0.3 is 0 Å². The SMILES string of the molecule is CC[n+]1ccc2ccc(C)cc2c1S(=O)(=O)O. The first kappa shape index (κ1) is 12.0. The van der Waals surface area contributed by atoms with Crippen LogP contribution in [-0.4, -0.2) is 13.0 Å². The Morgan fingerprint density at radius 1 is 1.29 bits per heavy atom. The maximum atomic E-state index is 11.5. The summed E-state index contributed by atoms with van der Waals surface area (Å²) < 4.78 is 33.8. The van der Waals surface area contributed by atoms with Crippen molar-refractivity contribution >= 4 is 20.9 Å². The number of pyridine rings is 1. The summed E-state index contributed by atoms with van der Waals surface area (Å²) >= 11 is 0. The van der Waals surface area contributed by atoms with Crippen LogP contribution >= 0.6 is 0 Å². The van der Waals surface area contributed by atoms with E-state index in [-0.39, 0.29) is 5.03 Å². The van der Waals surface area contributed by atoms with E-state index in [1.165, 1.54) is 4.57 Å². The van der Waals surface area contributed by atoms with Gasteiger partial charge in [-0.15, -0.1) is 0 Å². The van der Waals surface area contributed by atoms with Crippen LogP contribution in [0, 0.1) is 6.92 Å². The fourth-order valence-corrected chi connectivity index (χ4v) is 2.87. The van der Waals surface area contributed by atoms with Gasteiger partial charge in [0.05, 0.1) is 5.39 Å². The van der Waals surface area contributed by atoms with Crippen molar-refractivity contribution in [1.82, 2.24) is 0 Å². The highest BCUT2D eigenvalue weighted by molar-refractivity contribution is 7.85. The summed E-state index contributed by atoms with van der Waals surface area (Å²) in [4.78, 5) is 0. The first-order chi connectivity index (χ1) is 7.93. The number of aromatic nitrogens is 1. The highest BCUT2D eigenvalue weighted by atomic mass is 32.2. The van der Waals surface area contributed by atoms with Crippen LogP contribution in [-0.2, 0) is 16.7 Å². The summed E-state index contributed by atoms with van der Waals surface area (Å²) in [6, 6.07) is 7.36. The van der Waals surface area contributed by atoms with Crippen LogP contribution < -0.4 is 4.57 Å².